The van der Waals surface area contributed by atoms with Gasteiger partial charge in [-0.25, -0.2) is 0 Å². The van der Waals surface area contributed by atoms with E-state index in [2.05, 4.69) is 10.2 Å². The maximum absolute atomic E-state index is 11.3. The van der Waals surface area contributed by atoms with Gasteiger partial charge < -0.3 is 20.7 Å². The van der Waals surface area contributed by atoms with Crippen molar-refractivity contribution in [1.29, 1.82) is 0 Å². The van der Waals surface area contributed by atoms with Gasteiger partial charge in [-0.05, 0) is 31.5 Å². The summed E-state index contributed by atoms with van der Waals surface area (Å²) in [6.45, 7) is 2.33. The number of methoxy groups -OCH3 is 1. The Hall–Kier alpha value is -1.75. The number of rotatable bonds is 9. The number of hydrogen-bond acceptors (Lipinski definition) is 4. The van der Waals surface area contributed by atoms with E-state index < -0.39 is 0 Å². The summed E-state index contributed by atoms with van der Waals surface area (Å²) in [6, 6.07) is 7.93. The van der Waals surface area contributed by atoms with E-state index in [1.165, 1.54) is 0 Å². The minimum Gasteiger partial charge on any atom is -0.495 e. The number of amides is 1. The smallest absolute Gasteiger partial charge is 0.219 e. The lowest BCUT2D eigenvalue weighted by molar-refractivity contribution is -0.120. The third-order valence-corrected chi connectivity index (χ3v) is 3.17. The number of nitrogens with two attached hydrogens (primary N) is 1. The predicted molar refractivity (Wildman–Crippen MR) is 82.2 cm³/mol. The van der Waals surface area contributed by atoms with Gasteiger partial charge in [-0.3, -0.25) is 4.79 Å². The zero-order chi connectivity index (χ0) is 14.8. The zero-order valence-corrected chi connectivity index (χ0v) is 12.4. The van der Waals surface area contributed by atoms with Crippen LogP contribution in [0.4, 0.5) is 5.69 Å². The molecule has 0 saturated carbocycles. The van der Waals surface area contributed by atoms with Crippen LogP contribution in [0.15, 0.2) is 24.3 Å². The fourth-order valence-electron chi connectivity index (χ4n) is 2.08. The van der Waals surface area contributed by atoms with Crippen molar-refractivity contribution in [3.05, 3.63) is 24.3 Å². The maximum atomic E-state index is 11.3. The Labute approximate surface area is 121 Å². The number of carbonyl (C=O) groups excluding carboxylic acids is 1. The molecular formula is C15H25N3O2. The van der Waals surface area contributed by atoms with Crippen LogP contribution in [0, 0.1) is 0 Å². The summed E-state index contributed by atoms with van der Waals surface area (Å²) in [7, 11) is 3.33. The number of nitrogens with zero attached hydrogens (tertiary/aromatic N) is 1. The summed E-state index contributed by atoms with van der Waals surface area (Å²) in [5, 5.41) is 2.64. The van der Waals surface area contributed by atoms with Crippen LogP contribution in [0.1, 0.15) is 19.3 Å². The Balaban J connectivity index is 2.69. The van der Waals surface area contributed by atoms with Gasteiger partial charge in [0.15, 0.2) is 0 Å². The lowest BCUT2D eigenvalue weighted by atomic mass is 10.2. The number of carbonyl (C=O) groups is 1. The van der Waals surface area contributed by atoms with Gasteiger partial charge in [-0.2, -0.15) is 0 Å². The van der Waals surface area contributed by atoms with Crippen molar-refractivity contribution in [2.24, 2.45) is 5.73 Å². The van der Waals surface area contributed by atoms with Crippen molar-refractivity contribution in [1.82, 2.24) is 5.32 Å². The molecule has 112 valence electrons. The van der Waals surface area contributed by atoms with E-state index >= 15 is 0 Å². The molecule has 0 aliphatic rings. The van der Waals surface area contributed by atoms with Gasteiger partial charge in [0.05, 0.1) is 12.8 Å². The Morgan fingerprint density at radius 2 is 2.00 bits per heavy atom. The van der Waals surface area contributed by atoms with E-state index in [9.17, 15) is 4.79 Å². The van der Waals surface area contributed by atoms with Gasteiger partial charge in [-0.1, -0.05) is 12.1 Å². The molecular weight excluding hydrogens is 254 g/mol. The summed E-state index contributed by atoms with van der Waals surface area (Å²) in [6.07, 6.45) is 2.26. The van der Waals surface area contributed by atoms with Gasteiger partial charge >= 0.3 is 0 Å². The van der Waals surface area contributed by atoms with Gasteiger partial charge in [0.2, 0.25) is 5.91 Å². The third kappa shape index (κ3) is 5.09. The molecule has 1 aromatic rings. The normalized spacial score (nSPS) is 10.2. The van der Waals surface area contributed by atoms with Crippen molar-refractivity contribution in [3.8, 4) is 5.75 Å². The van der Waals surface area contributed by atoms with Gasteiger partial charge in [0.25, 0.3) is 0 Å². The summed E-state index contributed by atoms with van der Waals surface area (Å²) < 4.78 is 5.40. The summed E-state index contributed by atoms with van der Waals surface area (Å²) in [5.74, 6) is 0.924. The monoisotopic (exact) mass is 279 g/mol. The average Bonchev–Trinajstić information content (AvgIpc) is 2.50. The summed E-state index contributed by atoms with van der Waals surface area (Å²) in [5.41, 5.74) is 6.66. The van der Waals surface area contributed by atoms with Crippen molar-refractivity contribution >= 4 is 11.6 Å². The second-order valence-corrected chi connectivity index (χ2v) is 4.58. The largest absolute Gasteiger partial charge is 0.495 e. The summed E-state index contributed by atoms with van der Waals surface area (Å²) in [4.78, 5) is 13.5. The van der Waals surface area contributed by atoms with E-state index in [1.54, 1.807) is 14.2 Å². The average molecular weight is 279 g/mol. The van der Waals surface area contributed by atoms with Crippen LogP contribution >= 0.6 is 0 Å². The first-order chi connectivity index (χ1) is 9.72. The van der Waals surface area contributed by atoms with E-state index in [0.717, 1.165) is 37.4 Å². The Kier molecular flexibility index (Phi) is 7.50. The van der Waals surface area contributed by atoms with Gasteiger partial charge in [-0.15, -0.1) is 0 Å². The highest BCUT2D eigenvalue weighted by Gasteiger charge is 2.11. The van der Waals surface area contributed by atoms with Crippen LogP contribution in [0.5, 0.6) is 5.75 Å². The van der Waals surface area contributed by atoms with E-state index in [4.69, 9.17) is 10.5 Å². The Morgan fingerprint density at radius 3 is 2.65 bits per heavy atom. The molecule has 1 amide bonds. The lowest BCUT2D eigenvalue weighted by Crippen LogP contribution is -2.29. The van der Waals surface area contributed by atoms with Crippen molar-refractivity contribution in [2.75, 3.05) is 38.7 Å². The van der Waals surface area contributed by atoms with Crippen LogP contribution in [0.25, 0.3) is 0 Å². The molecule has 0 unspecified atom stereocenters. The van der Waals surface area contributed by atoms with Crippen molar-refractivity contribution < 1.29 is 9.53 Å². The Bertz CT molecular complexity index is 410. The molecule has 0 saturated heterocycles. The molecule has 0 aromatic heterocycles. The second-order valence-electron chi connectivity index (χ2n) is 4.58. The standard InChI is InChI=1S/C15H25N3O2/c1-17-15(19)9-5-11-18(12-6-10-16)13-7-3-4-8-14(13)20-2/h3-4,7-8H,5-6,9-12,16H2,1-2H3,(H,17,19). The maximum Gasteiger partial charge on any atom is 0.219 e. The van der Waals surface area contributed by atoms with E-state index in [0.29, 0.717) is 13.0 Å². The molecule has 5 nitrogen and oxygen atoms in total. The molecule has 0 aliphatic heterocycles. The number of anilines is 1. The van der Waals surface area contributed by atoms with Crippen LogP contribution < -0.4 is 20.7 Å². The highest BCUT2D eigenvalue weighted by Crippen LogP contribution is 2.27. The predicted octanol–water partition coefficient (Wildman–Crippen LogP) is 1.38. The molecule has 0 radical (unpaired) electrons. The fraction of sp³-hybridized carbons (Fsp3) is 0.533. The molecule has 5 heteroatoms. The van der Waals surface area contributed by atoms with Crippen LogP contribution in [0.3, 0.4) is 0 Å². The molecule has 0 bridgehead atoms. The first-order valence-corrected chi connectivity index (χ1v) is 7.01. The number of benzene rings is 1. The first kappa shape index (κ1) is 16.3. The lowest BCUT2D eigenvalue weighted by Gasteiger charge is -2.26. The number of ether oxygens (including phenoxy) is 1. The minimum absolute atomic E-state index is 0.0730. The molecule has 0 atom stereocenters. The van der Waals surface area contributed by atoms with E-state index in [1.807, 2.05) is 24.3 Å². The SMILES string of the molecule is CNC(=O)CCCN(CCCN)c1ccccc1OC. The number of hydrogen-bond donors (Lipinski definition) is 2. The highest BCUT2D eigenvalue weighted by atomic mass is 16.5. The minimum atomic E-state index is 0.0730. The zero-order valence-electron chi connectivity index (χ0n) is 12.4. The molecule has 0 aliphatic carbocycles. The van der Waals surface area contributed by atoms with Crippen LogP contribution in [0.2, 0.25) is 0 Å². The third-order valence-electron chi connectivity index (χ3n) is 3.17. The number of nitrogens with one attached hydrogen (secondary N) is 1. The quantitative estimate of drug-likeness (QED) is 0.716. The van der Waals surface area contributed by atoms with Crippen LogP contribution in [-0.4, -0.2) is 39.7 Å². The number of para-hydroxylation sites is 2. The van der Waals surface area contributed by atoms with Gasteiger partial charge in [0.1, 0.15) is 5.75 Å². The van der Waals surface area contributed by atoms with Crippen LogP contribution in [-0.2, 0) is 4.79 Å². The molecule has 3 N–H and O–H groups in total. The molecule has 0 heterocycles. The van der Waals surface area contributed by atoms with Crippen molar-refractivity contribution in [3.63, 3.8) is 0 Å². The molecule has 1 aromatic carbocycles. The molecule has 0 fully saturated rings. The van der Waals surface area contributed by atoms with Crippen molar-refractivity contribution in [2.45, 2.75) is 19.3 Å². The highest BCUT2D eigenvalue weighted by molar-refractivity contribution is 5.75. The summed E-state index contributed by atoms with van der Waals surface area (Å²) >= 11 is 0. The molecule has 20 heavy (non-hydrogen) atoms. The Morgan fingerprint density at radius 1 is 1.30 bits per heavy atom. The molecule has 1 rings (SSSR count). The van der Waals surface area contributed by atoms with Gasteiger partial charge in [0, 0.05) is 26.6 Å². The fourth-order valence-corrected chi connectivity index (χ4v) is 2.08. The van der Waals surface area contributed by atoms with E-state index in [-0.39, 0.29) is 5.91 Å². The second kappa shape index (κ2) is 9.20. The topological polar surface area (TPSA) is 67.6 Å². The first-order valence-electron chi connectivity index (χ1n) is 7.01. The molecule has 0 spiro atoms.